The minimum atomic E-state index is 0. The van der Waals surface area contributed by atoms with Crippen molar-refractivity contribution in [2.45, 2.75) is 6.42 Å². The Morgan fingerprint density at radius 2 is 1.92 bits per heavy atom. The lowest BCUT2D eigenvalue weighted by molar-refractivity contribution is 0.184. The topological polar surface area (TPSA) is 34.1 Å². The minimum Gasteiger partial charge on any atom is -0.368 e. The zero-order valence-corrected chi connectivity index (χ0v) is 17.3. The predicted octanol–water partition coefficient (Wildman–Crippen LogP) is 2.36. The molecule has 0 bridgehead atoms. The van der Waals surface area contributed by atoms with E-state index < -0.39 is 0 Å². The summed E-state index contributed by atoms with van der Waals surface area (Å²) in [5, 5.41) is 4.30. The van der Waals surface area contributed by atoms with Gasteiger partial charge in [-0.05, 0) is 37.7 Å². The van der Waals surface area contributed by atoms with E-state index in [1.165, 1.54) is 25.2 Å². The van der Waals surface area contributed by atoms with Crippen molar-refractivity contribution >= 4 is 47.2 Å². The highest BCUT2D eigenvalue weighted by atomic mass is 127. The number of guanidine groups is 1. The quantitative estimate of drug-likeness (QED) is 0.422. The average Bonchev–Trinajstić information content (AvgIpc) is 2.54. The van der Waals surface area contributed by atoms with Gasteiger partial charge in [0.15, 0.2) is 5.96 Å². The summed E-state index contributed by atoms with van der Waals surface area (Å²) in [6, 6.07) is 8.10. The van der Waals surface area contributed by atoms with Crippen LogP contribution in [0.15, 0.2) is 29.3 Å². The van der Waals surface area contributed by atoms with Crippen molar-refractivity contribution in [2.75, 3.05) is 64.3 Å². The second kappa shape index (κ2) is 9.68. The largest absolute Gasteiger partial charge is 0.368 e. The molecule has 7 heteroatoms. The van der Waals surface area contributed by atoms with Crippen molar-refractivity contribution in [3.63, 3.8) is 0 Å². The molecule has 5 nitrogen and oxygen atoms in total. The molecule has 0 saturated carbocycles. The van der Waals surface area contributed by atoms with Gasteiger partial charge >= 0.3 is 0 Å². The van der Waals surface area contributed by atoms with Crippen molar-refractivity contribution in [1.29, 1.82) is 0 Å². The van der Waals surface area contributed by atoms with Crippen LogP contribution in [0.1, 0.15) is 6.42 Å². The number of nitrogens with one attached hydrogen (secondary N) is 1. The summed E-state index contributed by atoms with van der Waals surface area (Å²) in [5.41, 5.74) is 1.21. The van der Waals surface area contributed by atoms with E-state index in [2.05, 4.69) is 31.1 Å². The highest BCUT2D eigenvalue weighted by Crippen LogP contribution is 2.20. The lowest BCUT2D eigenvalue weighted by atomic mass is 10.2. The van der Waals surface area contributed by atoms with Gasteiger partial charge in [-0.3, -0.25) is 4.99 Å². The fraction of sp³-hybridized carbons (Fsp3) is 0.588. The number of anilines is 1. The van der Waals surface area contributed by atoms with E-state index in [0.29, 0.717) is 0 Å². The third-order valence-corrected chi connectivity index (χ3v) is 4.86. The normalized spacial score (nSPS) is 18.8. The zero-order valence-electron chi connectivity index (χ0n) is 14.2. The molecule has 2 heterocycles. The Morgan fingerprint density at radius 1 is 1.17 bits per heavy atom. The molecule has 0 aromatic heterocycles. The number of halogens is 2. The molecule has 3 rings (SSSR count). The Labute approximate surface area is 167 Å². The van der Waals surface area contributed by atoms with Crippen LogP contribution in [0.3, 0.4) is 0 Å². The minimum absolute atomic E-state index is 0. The van der Waals surface area contributed by atoms with Crippen molar-refractivity contribution in [3.8, 4) is 0 Å². The molecule has 0 spiro atoms. The van der Waals surface area contributed by atoms with Crippen LogP contribution in [-0.4, -0.2) is 75.2 Å². The number of hydrogen-bond donors (Lipinski definition) is 1. The Kier molecular flexibility index (Phi) is 7.90. The Balaban J connectivity index is 0.00000208. The number of piperazine rings is 1. The third kappa shape index (κ3) is 5.13. The molecule has 0 amide bonds. The summed E-state index contributed by atoms with van der Waals surface area (Å²) >= 11 is 6.09. The van der Waals surface area contributed by atoms with Crippen LogP contribution in [0, 0.1) is 0 Å². The van der Waals surface area contributed by atoms with E-state index in [0.717, 1.165) is 50.3 Å². The first-order valence-electron chi connectivity index (χ1n) is 8.45. The lowest BCUT2D eigenvalue weighted by Crippen LogP contribution is -2.53. The van der Waals surface area contributed by atoms with Gasteiger partial charge in [-0.25, -0.2) is 0 Å². The van der Waals surface area contributed by atoms with Gasteiger partial charge in [0, 0.05) is 57.0 Å². The van der Waals surface area contributed by atoms with Gasteiger partial charge in [-0.2, -0.15) is 0 Å². The van der Waals surface area contributed by atoms with Crippen LogP contribution in [0.5, 0.6) is 0 Å². The molecule has 1 N–H and O–H groups in total. The Morgan fingerprint density at radius 3 is 2.50 bits per heavy atom. The van der Waals surface area contributed by atoms with Crippen LogP contribution in [0.4, 0.5) is 5.69 Å². The smallest absolute Gasteiger partial charge is 0.193 e. The molecule has 134 valence electrons. The third-order valence-electron chi connectivity index (χ3n) is 4.62. The number of likely N-dealkylation sites (tertiary alicyclic amines) is 1. The highest BCUT2D eigenvalue weighted by molar-refractivity contribution is 14.0. The van der Waals surface area contributed by atoms with E-state index in [9.17, 15) is 0 Å². The Bertz CT molecular complexity index is 542. The maximum atomic E-state index is 6.09. The lowest BCUT2D eigenvalue weighted by Gasteiger charge is -2.38. The van der Waals surface area contributed by atoms with E-state index in [4.69, 9.17) is 11.6 Å². The van der Waals surface area contributed by atoms with Gasteiger partial charge < -0.3 is 20.0 Å². The molecule has 2 aliphatic rings. The number of rotatable bonds is 4. The second-order valence-corrected chi connectivity index (χ2v) is 6.56. The SMILES string of the molecule is CN=C(NCCN1CCC1)N1CCN(c2cccc(Cl)c2)CC1.I. The fourth-order valence-corrected chi connectivity index (χ4v) is 3.30. The van der Waals surface area contributed by atoms with Gasteiger partial charge in [0.25, 0.3) is 0 Å². The Hall–Kier alpha value is -0.730. The molecular formula is C17H27ClIN5. The first-order valence-corrected chi connectivity index (χ1v) is 8.82. The summed E-state index contributed by atoms with van der Waals surface area (Å²) in [6.07, 6.45) is 1.35. The molecule has 24 heavy (non-hydrogen) atoms. The molecule has 0 unspecified atom stereocenters. The fourth-order valence-electron chi connectivity index (χ4n) is 3.11. The van der Waals surface area contributed by atoms with Gasteiger partial charge in [-0.1, -0.05) is 17.7 Å². The highest BCUT2D eigenvalue weighted by Gasteiger charge is 2.20. The van der Waals surface area contributed by atoms with Crippen molar-refractivity contribution in [1.82, 2.24) is 15.1 Å². The summed E-state index contributed by atoms with van der Waals surface area (Å²) in [7, 11) is 1.87. The molecule has 2 aliphatic heterocycles. The van der Waals surface area contributed by atoms with Gasteiger partial charge in [0.05, 0.1) is 0 Å². The molecular weight excluding hydrogens is 437 g/mol. The first kappa shape index (κ1) is 19.6. The maximum absolute atomic E-state index is 6.09. The standard InChI is InChI=1S/C17H26ClN5.HI/c1-19-17(20-6-9-21-7-3-8-21)23-12-10-22(11-13-23)16-5-2-4-15(18)14-16;/h2,4-5,14H,3,6-13H2,1H3,(H,19,20);1H. The number of benzene rings is 1. The van der Waals surface area contributed by atoms with Gasteiger partial charge in [0.1, 0.15) is 0 Å². The molecule has 1 aromatic carbocycles. The molecule has 0 atom stereocenters. The summed E-state index contributed by atoms with van der Waals surface area (Å²) < 4.78 is 0. The summed E-state index contributed by atoms with van der Waals surface area (Å²) in [5.74, 6) is 1.02. The molecule has 0 aliphatic carbocycles. The number of nitrogens with zero attached hydrogens (tertiary/aromatic N) is 4. The van der Waals surface area contributed by atoms with E-state index in [-0.39, 0.29) is 24.0 Å². The van der Waals surface area contributed by atoms with E-state index >= 15 is 0 Å². The molecule has 2 saturated heterocycles. The maximum Gasteiger partial charge on any atom is 0.193 e. The monoisotopic (exact) mass is 463 g/mol. The second-order valence-electron chi connectivity index (χ2n) is 6.12. The molecule has 2 fully saturated rings. The van der Waals surface area contributed by atoms with Gasteiger partial charge in [0.2, 0.25) is 0 Å². The van der Waals surface area contributed by atoms with Crippen LogP contribution in [0.25, 0.3) is 0 Å². The molecule has 1 aromatic rings. The van der Waals surface area contributed by atoms with E-state index in [1.807, 2.05) is 25.2 Å². The average molecular weight is 464 g/mol. The van der Waals surface area contributed by atoms with Crippen molar-refractivity contribution in [2.24, 2.45) is 4.99 Å². The summed E-state index contributed by atoms with van der Waals surface area (Å²) in [4.78, 5) is 11.6. The summed E-state index contributed by atoms with van der Waals surface area (Å²) in [6.45, 7) is 8.53. The van der Waals surface area contributed by atoms with Crippen LogP contribution >= 0.6 is 35.6 Å². The molecule has 0 radical (unpaired) electrons. The van der Waals surface area contributed by atoms with Crippen LogP contribution in [0.2, 0.25) is 5.02 Å². The van der Waals surface area contributed by atoms with Gasteiger partial charge in [-0.15, -0.1) is 24.0 Å². The number of hydrogen-bond acceptors (Lipinski definition) is 3. The first-order chi connectivity index (χ1) is 11.3. The van der Waals surface area contributed by atoms with Crippen molar-refractivity contribution < 1.29 is 0 Å². The van der Waals surface area contributed by atoms with Crippen molar-refractivity contribution in [3.05, 3.63) is 29.3 Å². The predicted molar refractivity (Wildman–Crippen MR) is 113 cm³/mol. The van der Waals surface area contributed by atoms with E-state index in [1.54, 1.807) is 0 Å². The number of aliphatic imine (C=N–C) groups is 1. The van der Waals surface area contributed by atoms with Crippen LogP contribution in [-0.2, 0) is 0 Å². The zero-order chi connectivity index (χ0) is 16.1. The van der Waals surface area contributed by atoms with Crippen LogP contribution < -0.4 is 10.2 Å².